The van der Waals surface area contributed by atoms with Crippen molar-refractivity contribution in [3.8, 4) is 6.07 Å². The summed E-state index contributed by atoms with van der Waals surface area (Å²) >= 11 is 1.38. The summed E-state index contributed by atoms with van der Waals surface area (Å²) in [5.74, 6) is 0. The first-order valence-electron chi connectivity index (χ1n) is 4.99. The predicted molar refractivity (Wildman–Crippen MR) is 67.3 cm³/mol. The average Bonchev–Trinajstić information content (AvgIpc) is 2.90. The van der Waals surface area contributed by atoms with Crippen LogP contribution in [0.15, 0.2) is 40.9 Å². The quantitative estimate of drug-likeness (QED) is 0.919. The van der Waals surface area contributed by atoms with Crippen LogP contribution in [0.2, 0.25) is 0 Å². The number of sulfonamides is 1. The minimum absolute atomic E-state index is 0.0889. The van der Waals surface area contributed by atoms with Crippen LogP contribution in [0.5, 0.6) is 0 Å². The van der Waals surface area contributed by atoms with E-state index in [1.807, 2.05) is 6.07 Å². The van der Waals surface area contributed by atoms with Crippen LogP contribution in [0.3, 0.4) is 0 Å². The van der Waals surface area contributed by atoms with Gasteiger partial charge < -0.3 is 0 Å². The Morgan fingerprint density at radius 3 is 2.94 bits per heavy atom. The fourth-order valence-corrected chi connectivity index (χ4v) is 2.99. The van der Waals surface area contributed by atoms with Gasteiger partial charge in [0.1, 0.15) is 0 Å². The van der Waals surface area contributed by atoms with Gasteiger partial charge in [-0.3, -0.25) is 4.98 Å². The Morgan fingerprint density at radius 1 is 1.44 bits per heavy atom. The first-order valence-corrected chi connectivity index (χ1v) is 7.35. The van der Waals surface area contributed by atoms with Crippen LogP contribution in [-0.4, -0.2) is 13.4 Å². The van der Waals surface area contributed by atoms with E-state index in [0.29, 0.717) is 5.56 Å². The molecule has 5 nitrogen and oxygen atoms in total. The molecule has 0 saturated carbocycles. The third-order valence-electron chi connectivity index (χ3n) is 2.19. The Bertz CT molecular complexity index is 673. The van der Waals surface area contributed by atoms with E-state index in [-0.39, 0.29) is 11.4 Å². The smallest absolute Gasteiger partial charge is 0.240 e. The van der Waals surface area contributed by atoms with Crippen LogP contribution in [0.4, 0.5) is 0 Å². The lowest BCUT2D eigenvalue weighted by Crippen LogP contribution is -2.22. The van der Waals surface area contributed by atoms with E-state index >= 15 is 0 Å². The number of hydrogen-bond donors (Lipinski definition) is 1. The normalized spacial score (nSPS) is 11.1. The monoisotopic (exact) mass is 279 g/mol. The van der Waals surface area contributed by atoms with Crippen LogP contribution in [0.1, 0.15) is 10.4 Å². The molecule has 2 rings (SSSR count). The molecule has 0 bridgehead atoms. The van der Waals surface area contributed by atoms with Crippen molar-refractivity contribution in [2.75, 3.05) is 0 Å². The van der Waals surface area contributed by atoms with Crippen molar-refractivity contribution in [3.63, 3.8) is 0 Å². The molecule has 0 amide bonds. The van der Waals surface area contributed by atoms with Crippen molar-refractivity contribution in [1.82, 2.24) is 9.71 Å². The van der Waals surface area contributed by atoms with Crippen LogP contribution in [0, 0.1) is 11.3 Å². The average molecular weight is 279 g/mol. The molecular weight excluding hydrogens is 270 g/mol. The van der Waals surface area contributed by atoms with Crippen molar-refractivity contribution >= 4 is 21.4 Å². The van der Waals surface area contributed by atoms with Gasteiger partial charge in [-0.05, 0) is 18.2 Å². The Kier molecular flexibility index (Phi) is 3.72. The molecule has 0 aliphatic rings. The molecule has 18 heavy (non-hydrogen) atoms. The molecule has 1 N–H and O–H groups in total. The zero-order valence-electron chi connectivity index (χ0n) is 9.20. The molecule has 0 aliphatic carbocycles. The van der Waals surface area contributed by atoms with Crippen LogP contribution < -0.4 is 4.72 Å². The van der Waals surface area contributed by atoms with Crippen molar-refractivity contribution < 1.29 is 8.42 Å². The van der Waals surface area contributed by atoms with E-state index in [9.17, 15) is 8.42 Å². The van der Waals surface area contributed by atoms with E-state index in [0.717, 1.165) is 4.88 Å². The Hall–Kier alpha value is -1.75. The lowest BCUT2D eigenvalue weighted by molar-refractivity contribution is 0.581. The van der Waals surface area contributed by atoms with Crippen LogP contribution >= 0.6 is 11.3 Å². The number of hydrogen-bond acceptors (Lipinski definition) is 5. The Labute approximate surface area is 109 Å². The van der Waals surface area contributed by atoms with E-state index in [1.165, 1.54) is 23.5 Å². The number of thiazole rings is 1. The number of nitrogens with one attached hydrogen (secondary N) is 1. The van der Waals surface area contributed by atoms with Gasteiger partial charge in [-0.2, -0.15) is 5.26 Å². The van der Waals surface area contributed by atoms with Gasteiger partial charge in [-0.1, -0.05) is 6.07 Å². The van der Waals surface area contributed by atoms with Gasteiger partial charge in [-0.25, -0.2) is 13.1 Å². The van der Waals surface area contributed by atoms with E-state index in [2.05, 4.69) is 9.71 Å². The number of benzene rings is 1. The fourth-order valence-electron chi connectivity index (χ4n) is 1.31. The predicted octanol–water partition coefficient (Wildman–Crippen LogP) is 1.49. The summed E-state index contributed by atoms with van der Waals surface area (Å²) in [5.41, 5.74) is 1.95. The number of nitrogens with zero attached hydrogens (tertiary/aromatic N) is 2. The van der Waals surface area contributed by atoms with E-state index < -0.39 is 10.0 Å². The Morgan fingerprint density at radius 2 is 2.28 bits per heavy atom. The second-order valence-corrected chi connectivity index (χ2v) is 6.17. The molecule has 0 aliphatic heterocycles. The molecular formula is C11H9N3O2S2. The first-order chi connectivity index (χ1) is 8.62. The number of nitriles is 1. The summed E-state index contributed by atoms with van der Waals surface area (Å²) < 4.78 is 26.4. The highest BCUT2D eigenvalue weighted by atomic mass is 32.2. The number of aromatic nitrogens is 1. The SMILES string of the molecule is N#Cc1cccc(S(=O)(=O)NCc2cncs2)c1. The van der Waals surface area contributed by atoms with E-state index in [1.54, 1.807) is 23.8 Å². The second kappa shape index (κ2) is 5.27. The molecule has 0 atom stereocenters. The van der Waals surface area contributed by atoms with Gasteiger partial charge in [-0.15, -0.1) is 11.3 Å². The summed E-state index contributed by atoms with van der Waals surface area (Å²) in [6, 6.07) is 7.80. The molecule has 2 aromatic rings. The van der Waals surface area contributed by atoms with Gasteiger partial charge in [0.15, 0.2) is 0 Å². The third-order valence-corrected chi connectivity index (χ3v) is 4.37. The molecule has 92 valence electrons. The second-order valence-electron chi connectivity index (χ2n) is 3.43. The molecule has 0 radical (unpaired) electrons. The summed E-state index contributed by atoms with van der Waals surface area (Å²) in [4.78, 5) is 4.78. The summed E-state index contributed by atoms with van der Waals surface area (Å²) in [5, 5.41) is 8.74. The maximum absolute atomic E-state index is 12.0. The van der Waals surface area contributed by atoms with Crippen LogP contribution in [-0.2, 0) is 16.6 Å². The molecule has 0 unspecified atom stereocenters. The minimum Gasteiger partial charge on any atom is -0.253 e. The van der Waals surface area contributed by atoms with Crippen molar-refractivity contribution in [3.05, 3.63) is 46.4 Å². The minimum atomic E-state index is -3.59. The highest BCUT2D eigenvalue weighted by Crippen LogP contribution is 2.12. The molecule has 0 saturated heterocycles. The van der Waals surface area contributed by atoms with Gasteiger partial charge in [0, 0.05) is 17.6 Å². The summed E-state index contributed by atoms with van der Waals surface area (Å²) in [6.07, 6.45) is 1.61. The van der Waals surface area contributed by atoms with Gasteiger partial charge >= 0.3 is 0 Å². The molecule has 1 aromatic heterocycles. The fraction of sp³-hybridized carbons (Fsp3) is 0.0909. The lowest BCUT2D eigenvalue weighted by atomic mass is 10.2. The van der Waals surface area contributed by atoms with Crippen LogP contribution in [0.25, 0.3) is 0 Å². The largest absolute Gasteiger partial charge is 0.253 e. The molecule has 7 heteroatoms. The highest BCUT2D eigenvalue weighted by molar-refractivity contribution is 7.89. The third kappa shape index (κ3) is 2.92. The molecule has 0 spiro atoms. The Balaban J connectivity index is 2.18. The summed E-state index contributed by atoms with van der Waals surface area (Å²) in [6.45, 7) is 0.198. The maximum atomic E-state index is 12.0. The topological polar surface area (TPSA) is 82.8 Å². The van der Waals surface area contributed by atoms with Crippen molar-refractivity contribution in [1.29, 1.82) is 5.26 Å². The zero-order chi connectivity index (χ0) is 13.0. The standard InChI is InChI=1S/C11H9N3O2S2/c12-5-9-2-1-3-11(4-9)18(15,16)14-7-10-6-13-8-17-10/h1-4,6,8,14H,7H2. The van der Waals surface area contributed by atoms with Gasteiger partial charge in [0.05, 0.1) is 22.0 Å². The van der Waals surface area contributed by atoms with Gasteiger partial charge in [0.25, 0.3) is 0 Å². The van der Waals surface area contributed by atoms with Crippen molar-refractivity contribution in [2.24, 2.45) is 0 Å². The van der Waals surface area contributed by atoms with Crippen molar-refractivity contribution in [2.45, 2.75) is 11.4 Å². The van der Waals surface area contributed by atoms with Gasteiger partial charge in [0.2, 0.25) is 10.0 Å². The lowest BCUT2D eigenvalue weighted by Gasteiger charge is -2.05. The summed E-state index contributed by atoms with van der Waals surface area (Å²) in [7, 11) is -3.59. The first kappa shape index (κ1) is 12.7. The molecule has 1 heterocycles. The zero-order valence-corrected chi connectivity index (χ0v) is 10.8. The molecule has 0 fully saturated rings. The van der Waals surface area contributed by atoms with E-state index in [4.69, 9.17) is 5.26 Å². The number of rotatable bonds is 4. The maximum Gasteiger partial charge on any atom is 0.240 e. The highest BCUT2D eigenvalue weighted by Gasteiger charge is 2.14. The molecule has 1 aromatic carbocycles.